The van der Waals surface area contributed by atoms with Crippen LogP contribution in [0.15, 0.2) is 54.6 Å². The van der Waals surface area contributed by atoms with Gasteiger partial charge in [0.2, 0.25) is 5.91 Å². The molecule has 0 spiro atoms. The quantitative estimate of drug-likeness (QED) is 0.778. The summed E-state index contributed by atoms with van der Waals surface area (Å²) in [6.45, 7) is 1.60. The van der Waals surface area contributed by atoms with Crippen LogP contribution in [0, 0.1) is 0 Å². The van der Waals surface area contributed by atoms with E-state index >= 15 is 0 Å². The Morgan fingerprint density at radius 1 is 1.00 bits per heavy atom. The maximum absolute atomic E-state index is 12.7. The van der Waals surface area contributed by atoms with Crippen LogP contribution in [0.5, 0.6) is 0 Å². The highest BCUT2D eigenvalue weighted by atomic mass is 19.4. The average Bonchev–Trinajstić information content (AvgIpc) is 2.59. The van der Waals surface area contributed by atoms with Crippen molar-refractivity contribution in [2.24, 2.45) is 0 Å². The molecule has 2 aromatic rings. The lowest BCUT2D eigenvalue weighted by molar-refractivity contribution is -0.137. The van der Waals surface area contributed by atoms with Crippen molar-refractivity contribution in [1.29, 1.82) is 0 Å². The van der Waals surface area contributed by atoms with Gasteiger partial charge in [-0.05, 0) is 24.6 Å². The molecule has 0 heterocycles. The summed E-state index contributed by atoms with van der Waals surface area (Å²) in [5.41, 5.74) is 0.129. The van der Waals surface area contributed by atoms with E-state index in [2.05, 4.69) is 5.32 Å². The molecule has 2 rings (SSSR count). The molecule has 3 nitrogen and oxygen atoms in total. The third-order valence-electron chi connectivity index (χ3n) is 3.77. The topological polar surface area (TPSA) is 46.2 Å². The second-order valence-corrected chi connectivity index (χ2v) is 5.70. The number of alkyl halides is 3. The summed E-state index contributed by atoms with van der Waals surface area (Å²) < 4.78 is 38.2. The molecule has 0 aromatic heterocycles. The number of hydrogen-bond acceptors (Lipinski definition) is 2. The predicted octanol–water partition coefficient (Wildman–Crippen LogP) is 4.55. The second-order valence-electron chi connectivity index (χ2n) is 5.70. The highest BCUT2D eigenvalue weighted by Crippen LogP contribution is 2.30. The van der Waals surface area contributed by atoms with Gasteiger partial charge in [0.25, 0.3) is 0 Å². The van der Waals surface area contributed by atoms with Gasteiger partial charge in [0, 0.05) is 18.4 Å². The lowest BCUT2D eigenvalue weighted by Crippen LogP contribution is -2.27. The van der Waals surface area contributed by atoms with Gasteiger partial charge in [-0.3, -0.25) is 9.59 Å². The summed E-state index contributed by atoms with van der Waals surface area (Å²) >= 11 is 0. The summed E-state index contributed by atoms with van der Waals surface area (Å²) in [4.78, 5) is 23.9. The molecular formula is C19H18F3NO2. The van der Waals surface area contributed by atoms with E-state index in [1.807, 2.05) is 0 Å². The van der Waals surface area contributed by atoms with Crippen molar-refractivity contribution in [2.75, 3.05) is 0 Å². The Bertz CT molecular complexity index is 742. The molecule has 0 radical (unpaired) electrons. The van der Waals surface area contributed by atoms with Crippen LogP contribution < -0.4 is 5.32 Å². The zero-order valence-corrected chi connectivity index (χ0v) is 13.6. The van der Waals surface area contributed by atoms with Gasteiger partial charge < -0.3 is 5.32 Å². The van der Waals surface area contributed by atoms with E-state index in [1.54, 1.807) is 37.3 Å². The van der Waals surface area contributed by atoms with Crippen LogP contribution in [0.3, 0.4) is 0 Å². The van der Waals surface area contributed by atoms with Crippen molar-refractivity contribution in [3.63, 3.8) is 0 Å². The monoisotopic (exact) mass is 349 g/mol. The number of nitrogens with one attached hydrogen (secondary N) is 1. The van der Waals surface area contributed by atoms with Gasteiger partial charge >= 0.3 is 6.18 Å². The average molecular weight is 349 g/mol. The fraction of sp³-hybridized carbons (Fsp3) is 0.263. The SMILES string of the molecule is C[C@@H](NC(=O)CCC(=O)c1ccccc1)c1cccc(C(F)(F)F)c1. The molecule has 1 amide bonds. The number of halogens is 3. The zero-order valence-electron chi connectivity index (χ0n) is 13.6. The summed E-state index contributed by atoms with van der Waals surface area (Å²) in [6.07, 6.45) is -4.40. The van der Waals surface area contributed by atoms with Crippen molar-refractivity contribution in [1.82, 2.24) is 5.32 Å². The van der Waals surface area contributed by atoms with Crippen LogP contribution in [0.4, 0.5) is 13.2 Å². The number of carbonyl (C=O) groups is 2. The maximum atomic E-state index is 12.7. The smallest absolute Gasteiger partial charge is 0.350 e. The Balaban J connectivity index is 1.91. The standard InChI is InChI=1S/C19H18F3NO2/c1-13(15-8-5-9-16(12-15)19(20,21)22)23-18(25)11-10-17(24)14-6-3-2-4-7-14/h2-9,12-13H,10-11H2,1H3,(H,23,25)/t13-/m1/s1. The molecular weight excluding hydrogens is 331 g/mol. The first-order valence-electron chi connectivity index (χ1n) is 7.82. The Morgan fingerprint density at radius 2 is 1.68 bits per heavy atom. The third-order valence-corrected chi connectivity index (χ3v) is 3.77. The molecule has 1 atom stereocenters. The highest BCUT2D eigenvalue weighted by molar-refractivity contribution is 5.97. The Kier molecular flexibility index (Phi) is 5.96. The Morgan fingerprint density at radius 3 is 2.32 bits per heavy atom. The zero-order chi connectivity index (χ0) is 18.4. The molecule has 1 N–H and O–H groups in total. The van der Waals surface area contributed by atoms with Crippen LogP contribution in [-0.2, 0) is 11.0 Å². The molecule has 0 aliphatic carbocycles. The molecule has 0 unspecified atom stereocenters. The summed E-state index contributed by atoms with van der Waals surface area (Å²) in [6, 6.07) is 12.9. The first-order chi connectivity index (χ1) is 11.8. The van der Waals surface area contributed by atoms with E-state index < -0.39 is 17.8 Å². The van der Waals surface area contributed by atoms with Crippen LogP contribution in [0.1, 0.15) is 47.3 Å². The summed E-state index contributed by atoms with van der Waals surface area (Å²) in [5, 5.41) is 2.62. The molecule has 0 fully saturated rings. The van der Waals surface area contributed by atoms with Crippen LogP contribution in [-0.4, -0.2) is 11.7 Å². The molecule has 0 aliphatic heterocycles. The van der Waals surface area contributed by atoms with Gasteiger partial charge in [0.05, 0.1) is 11.6 Å². The molecule has 0 aliphatic rings. The molecule has 0 saturated heterocycles. The number of rotatable bonds is 6. The van der Waals surface area contributed by atoms with E-state index in [4.69, 9.17) is 0 Å². The Hall–Kier alpha value is -2.63. The third kappa shape index (κ3) is 5.45. The molecule has 25 heavy (non-hydrogen) atoms. The van der Waals surface area contributed by atoms with Gasteiger partial charge in [-0.2, -0.15) is 13.2 Å². The lowest BCUT2D eigenvalue weighted by Gasteiger charge is -2.16. The van der Waals surface area contributed by atoms with E-state index in [0.717, 1.165) is 12.1 Å². The van der Waals surface area contributed by atoms with E-state index in [0.29, 0.717) is 11.1 Å². The van der Waals surface area contributed by atoms with Crippen LogP contribution >= 0.6 is 0 Å². The van der Waals surface area contributed by atoms with Gasteiger partial charge in [-0.15, -0.1) is 0 Å². The van der Waals surface area contributed by atoms with E-state index in [9.17, 15) is 22.8 Å². The molecule has 132 valence electrons. The van der Waals surface area contributed by atoms with E-state index in [1.165, 1.54) is 12.1 Å². The molecule has 2 aromatic carbocycles. The molecule has 0 bridgehead atoms. The van der Waals surface area contributed by atoms with E-state index in [-0.39, 0.29) is 24.5 Å². The summed E-state index contributed by atoms with van der Waals surface area (Å²) in [7, 11) is 0. The maximum Gasteiger partial charge on any atom is 0.416 e. The largest absolute Gasteiger partial charge is 0.416 e. The number of ketones is 1. The van der Waals surface area contributed by atoms with Crippen molar-refractivity contribution in [3.8, 4) is 0 Å². The number of hydrogen-bond donors (Lipinski definition) is 1. The highest BCUT2D eigenvalue weighted by Gasteiger charge is 2.30. The van der Waals surface area contributed by atoms with Gasteiger partial charge in [0.1, 0.15) is 0 Å². The van der Waals surface area contributed by atoms with Crippen molar-refractivity contribution in [2.45, 2.75) is 32.0 Å². The lowest BCUT2D eigenvalue weighted by atomic mass is 10.0. The second kappa shape index (κ2) is 7.96. The minimum Gasteiger partial charge on any atom is -0.350 e. The van der Waals surface area contributed by atoms with Gasteiger partial charge in [-0.1, -0.05) is 42.5 Å². The molecule has 0 saturated carbocycles. The summed E-state index contributed by atoms with van der Waals surface area (Å²) in [5.74, 6) is -0.531. The van der Waals surface area contributed by atoms with Crippen molar-refractivity contribution < 1.29 is 22.8 Å². The number of amides is 1. The Labute approximate surface area is 143 Å². The van der Waals surface area contributed by atoms with Crippen LogP contribution in [0.25, 0.3) is 0 Å². The fourth-order valence-electron chi connectivity index (χ4n) is 2.38. The van der Waals surface area contributed by atoms with Crippen LogP contribution in [0.2, 0.25) is 0 Å². The first-order valence-corrected chi connectivity index (χ1v) is 7.82. The van der Waals surface area contributed by atoms with Gasteiger partial charge in [0.15, 0.2) is 5.78 Å². The number of Topliss-reactive ketones (excluding diaryl/α,β-unsaturated/α-hetero) is 1. The first kappa shape index (κ1) is 18.7. The number of benzene rings is 2. The normalized spacial score (nSPS) is 12.5. The van der Waals surface area contributed by atoms with Gasteiger partial charge in [-0.25, -0.2) is 0 Å². The minimum atomic E-state index is -4.43. The van der Waals surface area contributed by atoms with Crippen molar-refractivity contribution >= 4 is 11.7 Å². The minimum absolute atomic E-state index is 0.0168. The van der Waals surface area contributed by atoms with Crippen molar-refractivity contribution in [3.05, 3.63) is 71.3 Å². The fourth-order valence-corrected chi connectivity index (χ4v) is 2.38. The number of carbonyl (C=O) groups excluding carboxylic acids is 2. The molecule has 6 heteroatoms. The predicted molar refractivity (Wildman–Crippen MR) is 88.0 cm³/mol.